The van der Waals surface area contributed by atoms with Gasteiger partial charge in [-0.05, 0) is 36.3 Å². The second kappa shape index (κ2) is 7.25. The van der Waals surface area contributed by atoms with Crippen LogP contribution in [0.5, 0.6) is 0 Å². The number of benzene rings is 1. The van der Waals surface area contributed by atoms with Crippen molar-refractivity contribution in [3.63, 3.8) is 0 Å². The standard InChI is InChI=1S/C17H23N3O3S/c21-17(19-12-14-7-11-24(22,23)13-14)18-8-3-9-20-10-6-15-4-1-2-5-16(15)20/h1-2,4-6,10,14H,3,7-9,11-13H2,(H2,18,19,21). The number of para-hydroxylation sites is 1. The number of rotatable bonds is 6. The first kappa shape index (κ1) is 16.8. The van der Waals surface area contributed by atoms with E-state index in [9.17, 15) is 13.2 Å². The largest absolute Gasteiger partial charge is 0.347 e. The SMILES string of the molecule is O=C(NCCCn1ccc2ccccc21)NCC1CCS(=O)(=O)C1. The molecule has 6 nitrogen and oxygen atoms in total. The van der Waals surface area contributed by atoms with Gasteiger partial charge in [-0.3, -0.25) is 0 Å². The molecule has 1 aromatic carbocycles. The van der Waals surface area contributed by atoms with Gasteiger partial charge in [0.1, 0.15) is 0 Å². The molecule has 1 unspecified atom stereocenters. The molecule has 3 rings (SSSR count). The number of carbonyl (C=O) groups is 1. The molecule has 1 aromatic heterocycles. The highest BCUT2D eigenvalue weighted by Gasteiger charge is 2.27. The highest BCUT2D eigenvalue weighted by molar-refractivity contribution is 7.91. The van der Waals surface area contributed by atoms with Gasteiger partial charge in [0, 0.05) is 31.3 Å². The van der Waals surface area contributed by atoms with Crippen LogP contribution in [0.15, 0.2) is 36.5 Å². The maximum absolute atomic E-state index is 11.8. The van der Waals surface area contributed by atoms with Gasteiger partial charge in [-0.15, -0.1) is 0 Å². The predicted octanol–water partition coefficient (Wildman–Crippen LogP) is 1.77. The predicted molar refractivity (Wildman–Crippen MR) is 94.7 cm³/mol. The number of aryl methyl sites for hydroxylation is 1. The summed E-state index contributed by atoms with van der Waals surface area (Å²) in [5.74, 6) is 0.478. The number of hydrogen-bond acceptors (Lipinski definition) is 3. The van der Waals surface area contributed by atoms with Crippen molar-refractivity contribution in [3.8, 4) is 0 Å². The second-order valence-electron chi connectivity index (χ2n) is 6.33. The van der Waals surface area contributed by atoms with Gasteiger partial charge in [-0.2, -0.15) is 0 Å². The van der Waals surface area contributed by atoms with E-state index in [4.69, 9.17) is 0 Å². The molecule has 0 spiro atoms. The van der Waals surface area contributed by atoms with E-state index in [1.165, 1.54) is 10.9 Å². The zero-order valence-corrected chi connectivity index (χ0v) is 14.4. The van der Waals surface area contributed by atoms with Crippen molar-refractivity contribution >= 4 is 26.8 Å². The Morgan fingerprint density at radius 2 is 2.04 bits per heavy atom. The number of sulfone groups is 1. The van der Waals surface area contributed by atoms with Crippen molar-refractivity contribution in [2.24, 2.45) is 5.92 Å². The minimum atomic E-state index is -2.88. The average Bonchev–Trinajstić information content (AvgIpc) is 3.13. The van der Waals surface area contributed by atoms with Crippen molar-refractivity contribution in [1.29, 1.82) is 0 Å². The summed E-state index contributed by atoms with van der Waals surface area (Å²) in [6.45, 7) is 1.85. The molecule has 1 aliphatic rings. The lowest BCUT2D eigenvalue weighted by molar-refractivity contribution is 0.239. The van der Waals surface area contributed by atoms with Gasteiger partial charge >= 0.3 is 6.03 Å². The van der Waals surface area contributed by atoms with Crippen LogP contribution in [0, 0.1) is 5.92 Å². The van der Waals surface area contributed by atoms with E-state index in [-0.39, 0.29) is 23.5 Å². The topological polar surface area (TPSA) is 80.2 Å². The molecule has 1 saturated heterocycles. The number of fused-ring (bicyclic) bond motifs is 1. The summed E-state index contributed by atoms with van der Waals surface area (Å²) in [4.78, 5) is 11.8. The highest BCUT2D eigenvalue weighted by Crippen LogP contribution is 2.17. The third-order valence-corrected chi connectivity index (χ3v) is 6.26. The number of nitrogens with one attached hydrogen (secondary N) is 2. The maximum Gasteiger partial charge on any atom is 0.314 e. The molecule has 130 valence electrons. The third kappa shape index (κ3) is 4.29. The van der Waals surface area contributed by atoms with Crippen molar-refractivity contribution in [2.75, 3.05) is 24.6 Å². The fraction of sp³-hybridized carbons (Fsp3) is 0.471. The lowest BCUT2D eigenvalue weighted by Crippen LogP contribution is -2.39. The third-order valence-electron chi connectivity index (χ3n) is 4.42. The Balaban J connectivity index is 1.35. The zero-order chi connectivity index (χ0) is 17.0. The fourth-order valence-electron chi connectivity index (χ4n) is 3.12. The van der Waals surface area contributed by atoms with Gasteiger partial charge < -0.3 is 15.2 Å². The number of urea groups is 1. The first-order valence-corrected chi connectivity index (χ1v) is 10.1. The molecular weight excluding hydrogens is 326 g/mol. The van der Waals surface area contributed by atoms with E-state index >= 15 is 0 Å². The Labute approximate surface area is 142 Å². The van der Waals surface area contributed by atoms with Crippen LogP contribution in [-0.2, 0) is 16.4 Å². The molecule has 1 fully saturated rings. The maximum atomic E-state index is 11.8. The molecule has 1 atom stereocenters. The minimum Gasteiger partial charge on any atom is -0.347 e. The molecule has 0 bridgehead atoms. The number of aromatic nitrogens is 1. The Morgan fingerprint density at radius 3 is 2.83 bits per heavy atom. The highest BCUT2D eigenvalue weighted by atomic mass is 32.2. The molecule has 2 aromatic rings. The van der Waals surface area contributed by atoms with E-state index in [1.54, 1.807) is 0 Å². The van der Waals surface area contributed by atoms with Gasteiger partial charge in [0.05, 0.1) is 11.5 Å². The van der Waals surface area contributed by atoms with E-state index in [1.807, 2.05) is 12.1 Å². The Hall–Kier alpha value is -2.02. The monoisotopic (exact) mass is 349 g/mol. The van der Waals surface area contributed by atoms with Crippen molar-refractivity contribution < 1.29 is 13.2 Å². The Bertz CT molecular complexity index is 813. The summed E-state index contributed by atoms with van der Waals surface area (Å²) >= 11 is 0. The van der Waals surface area contributed by atoms with E-state index in [0.717, 1.165) is 13.0 Å². The van der Waals surface area contributed by atoms with Crippen LogP contribution in [0.4, 0.5) is 4.79 Å². The van der Waals surface area contributed by atoms with E-state index in [2.05, 4.69) is 39.6 Å². The summed E-state index contributed by atoms with van der Waals surface area (Å²) in [5.41, 5.74) is 1.20. The van der Waals surface area contributed by atoms with E-state index < -0.39 is 9.84 Å². The molecule has 7 heteroatoms. The smallest absolute Gasteiger partial charge is 0.314 e. The normalized spacial score (nSPS) is 19.4. The van der Waals surface area contributed by atoms with Crippen LogP contribution in [0.25, 0.3) is 10.9 Å². The lowest BCUT2D eigenvalue weighted by atomic mass is 10.1. The zero-order valence-electron chi connectivity index (χ0n) is 13.6. The number of hydrogen-bond donors (Lipinski definition) is 2. The number of carbonyl (C=O) groups excluding carboxylic acids is 1. The summed E-state index contributed by atoms with van der Waals surface area (Å²) in [6, 6.07) is 10.1. The Kier molecular flexibility index (Phi) is 5.08. The molecule has 2 heterocycles. The summed E-state index contributed by atoms with van der Waals surface area (Å²) in [7, 11) is -2.88. The second-order valence-corrected chi connectivity index (χ2v) is 8.56. The van der Waals surface area contributed by atoms with Gasteiger partial charge in [-0.1, -0.05) is 18.2 Å². The van der Waals surface area contributed by atoms with Gasteiger partial charge in [-0.25, -0.2) is 13.2 Å². The molecule has 0 radical (unpaired) electrons. The van der Waals surface area contributed by atoms with Crippen LogP contribution in [0.3, 0.4) is 0 Å². The number of nitrogens with zero attached hydrogens (tertiary/aromatic N) is 1. The molecule has 24 heavy (non-hydrogen) atoms. The van der Waals surface area contributed by atoms with Gasteiger partial charge in [0.15, 0.2) is 9.84 Å². The molecule has 1 aliphatic heterocycles. The van der Waals surface area contributed by atoms with Crippen molar-refractivity contribution in [2.45, 2.75) is 19.4 Å². The van der Waals surface area contributed by atoms with Crippen LogP contribution in [0.2, 0.25) is 0 Å². The molecular formula is C17H23N3O3S. The van der Waals surface area contributed by atoms with Crippen LogP contribution in [-0.4, -0.2) is 43.6 Å². The first-order chi connectivity index (χ1) is 11.5. The lowest BCUT2D eigenvalue weighted by Gasteiger charge is -2.11. The molecule has 2 amide bonds. The molecule has 2 N–H and O–H groups in total. The average molecular weight is 349 g/mol. The quantitative estimate of drug-likeness (QED) is 0.780. The van der Waals surface area contributed by atoms with Crippen molar-refractivity contribution in [3.05, 3.63) is 36.5 Å². The van der Waals surface area contributed by atoms with Crippen LogP contribution in [0.1, 0.15) is 12.8 Å². The summed E-state index contributed by atoms with van der Waals surface area (Å²) in [6.07, 6.45) is 3.54. The summed E-state index contributed by atoms with van der Waals surface area (Å²) in [5, 5.41) is 6.81. The van der Waals surface area contributed by atoms with Gasteiger partial charge in [0.2, 0.25) is 0 Å². The van der Waals surface area contributed by atoms with E-state index in [0.29, 0.717) is 19.5 Å². The van der Waals surface area contributed by atoms with Crippen LogP contribution < -0.4 is 10.6 Å². The Morgan fingerprint density at radius 1 is 1.21 bits per heavy atom. The van der Waals surface area contributed by atoms with Gasteiger partial charge in [0.25, 0.3) is 0 Å². The molecule has 0 saturated carbocycles. The first-order valence-electron chi connectivity index (χ1n) is 8.29. The molecule has 0 aliphatic carbocycles. The number of amides is 2. The van der Waals surface area contributed by atoms with Crippen molar-refractivity contribution in [1.82, 2.24) is 15.2 Å². The van der Waals surface area contributed by atoms with Crippen LogP contribution >= 0.6 is 0 Å². The summed E-state index contributed by atoms with van der Waals surface area (Å²) < 4.78 is 24.9. The fourth-order valence-corrected chi connectivity index (χ4v) is 4.98. The minimum absolute atomic E-state index is 0.0481.